The first-order valence-electron chi connectivity index (χ1n) is 6.99. The van der Waals surface area contributed by atoms with Gasteiger partial charge in [-0.05, 0) is 56.5 Å². The van der Waals surface area contributed by atoms with Crippen LogP contribution in [0.1, 0.15) is 25.7 Å². The third-order valence-electron chi connectivity index (χ3n) is 4.58. The van der Waals surface area contributed by atoms with Crippen LogP contribution >= 0.6 is 0 Å². The van der Waals surface area contributed by atoms with Crippen molar-refractivity contribution in [2.75, 3.05) is 19.6 Å². The highest BCUT2D eigenvalue weighted by Crippen LogP contribution is 2.43. The van der Waals surface area contributed by atoms with Gasteiger partial charge in [-0.1, -0.05) is 12.2 Å². The summed E-state index contributed by atoms with van der Waals surface area (Å²) in [5.41, 5.74) is 0. The van der Waals surface area contributed by atoms with Crippen molar-refractivity contribution in [1.82, 2.24) is 10.6 Å². The zero-order valence-electron chi connectivity index (χ0n) is 10.3. The van der Waals surface area contributed by atoms with Crippen LogP contribution < -0.4 is 10.6 Å². The molecule has 1 saturated heterocycles. The minimum atomic E-state index is 0.265. The predicted octanol–water partition coefficient (Wildman–Crippen LogP) is 1.31. The molecule has 3 nitrogen and oxygen atoms in total. The SMILES string of the molecule is O=C(NCC1CCCNC1)C1CC2C=CC1C2. The summed E-state index contributed by atoms with van der Waals surface area (Å²) in [7, 11) is 0. The van der Waals surface area contributed by atoms with Crippen LogP contribution in [0, 0.1) is 23.7 Å². The molecule has 2 N–H and O–H groups in total. The number of amides is 1. The quantitative estimate of drug-likeness (QED) is 0.723. The van der Waals surface area contributed by atoms with E-state index in [2.05, 4.69) is 22.8 Å². The largest absolute Gasteiger partial charge is 0.356 e. The van der Waals surface area contributed by atoms with Gasteiger partial charge in [0.05, 0.1) is 0 Å². The molecule has 17 heavy (non-hydrogen) atoms. The number of carbonyl (C=O) groups is 1. The Morgan fingerprint density at radius 1 is 1.35 bits per heavy atom. The molecule has 2 bridgehead atoms. The Balaban J connectivity index is 1.45. The van der Waals surface area contributed by atoms with Gasteiger partial charge in [0, 0.05) is 12.5 Å². The van der Waals surface area contributed by atoms with Crippen molar-refractivity contribution in [3.8, 4) is 0 Å². The number of rotatable bonds is 3. The van der Waals surface area contributed by atoms with E-state index in [1.165, 1.54) is 19.3 Å². The maximum Gasteiger partial charge on any atom is 0.223 e. The summed E-state index contributed by atoms with van der Waals surface area (Å²) in [5, 5.41) is 6.56. The third-order valence-corrected chi connectivity index (χ3v) is 4.58. The van der Waals surface area contributed by atoms with Crippen molar-refractivity contribution in [3.63, 3.8) is 0 Å². The van der Waals surface area contributed by atoms with E-state index >= 15 is 0 Å². The maximum absolute atomic E-state index is 12.1. The molecule has 2 aliphatic carbocycles. The van der Waals surface area contributed by atoms with Crippen molar-refractivity contribution >= 4 is 5.91 Å². The number of carbonyl (C=O) groups excluding carboxylic acids is 1. The fourth-order valence-electron chi connectivity index (χ4n) is 3.56. The standard InChI is InChI=1S/C14H22N2O/c17-14(13-7-10-3-4-12(13)6-10)16-9-11-2-1-5-15-8-11/h3-4,10-13,15H,1-2,5-9H2,(H,16,17). The van der Waals surface area contributed by atoms with E-state index in [9.17, 15) is 4.79 Å². The summed E-state index contributed by atoms with van der Waals surface area (Å²) >= 11 is 0. The number of nitrogens with one attached hydrogen (secondary N) is 2. The van der Waals surface area contributed by atoms with Gasteiger partial charge in [-0.2, -0.15) is 0 Å². The van der Waals surface area contributed by atoms with E-state index in [-0.39, 0.29) is 5.92 Å². The smallest absolute Gasteiger partial charge is 0.223 e. The van der Waals surface area contributed by atoms with Gasteiger partial charge in [0.1, 0.15) is 0 Å². The molecule has 1 aliphatic heterocycles. The molecular formula is C14H22N2O. The van der Waals surface area contributed by atoms with Crippen LogP contribution in [0.4, 0.5) is 0 Å². The molecule has 0 spiro atoms. The van der Waals surface area contributed by atoms with Gasteiger partial charge >= 0.3 is 0 Å². The Hall–Kier alpha value is -0.830. The second-order valence-corrected chi connectivity index (χ2v) is 5.84. The third kappa shape index (κ3) is 2.39. The lowest BCUT2D eigenvalue weighted by atomic mass is 9.92. The summed E-state index contributed by atoms with van der Waals surface area (Å²) in [5.74, 6) is 2.42. The zero-order chi connectivity index (χ0) is 11.7. The fraction of sp³-hybridized carbons (Fsp3) is 0.786. The van der Waals surface area contributed by atoms with E-state index in [0.29, 0.717) is 23.7 Å². The van der Waals surface area contributed by atoms with Gasteiger partial charge in [0.2, 0.25) is 5.91 Å². The van der Waals surface area contributed by atoms with Crippen molar-refractivity contribution in [2.24, 2.45) is 23.7 Å². The van der Waals surface area contributed by atoms with E-state index < -0.39 is 0 Å². The van der Waals surface area contributed by atoms with E-state index in [4.69, 9.17) is 0 Å². The molecule has 3 aliphatic rings. The van der Waals surface area contributed by atoms with Crippen LogP contribution in [0.25, 0.3) is 0 Å². The maximum atomic E-state index is 12.1. The van der Waals surface area contributed by atoms with Crippen LogP contribution in [0.15, 0.2) is 12.2 Å². The first-order chi connectivity index (χ1) is 8.33. The number of fused-ring (bicyclic) bond motifs is 2. The minimum Gasteiger partial charge on any atom is -0.356 e. The van der Waals surface area contributed by atoms with Crippen molar-refractivity contribution in [3.05, 3.63) is 12.2 Å². The lowest BCUT2D eigenvalue weighted by Gasteiger charge is -2.24. The van der Waals surface area contributed by atoms with E-state index in [1.54, 1.807) is 0 Å². The van der Waals surface area contributed by atoms with Crippen LogP contribution in [0.2, 0.25) is 0 Å². The Kier molecular flexibility index (Phi) is 3.19. The zero-order valence-corrected chi connectivity index (χ0v) is 10.3. The van der Waals surface area contributed by atoms with Gasteiger partial charge in [-0.15, -0.1) is 0 Å². The fourth-order valence-corrected chi connectivity index (χ4v) is 3.56. The van der Waals surface area contributed by atoms with Gasteiger partial charge in [-0.25, -0.2) is 0 Å². The molecule has 4 unspecified atom stereocenters. The topological polar surface area (TPSA) is 41.1 Å². The van der Waals surface area contributed by atoms with Crippen LogP contribution in [-0.4, -0.2) is 25.5 Å². The van der Waals surface area contributed by atoms with Crippen LogP contribution in [0.5, 0.6) is 0 Å². The molecule has 0 aromatic carbocycles. The molecule has 0 radical (unpaired) electrons. The summed E-state index contributed by atoms with van der Waals surface area (Å²) < 4.78 is 0. The van der Waals surface area contributed by atoms with Crippen molar-refractivity contribution in [2.45, 2.75) is 25.7 Å². The minimum absolute atomic E-state index is 0.265. The average molecular weight is 234 g/mol. The molecule has 94 valence electrons. The molecular weight excluding hydrogens is 212 g/mol. The Labute approximate surface area is 103 Å². The van der Waals surface area contributed by atoms with E-state index in [1.807, 2.05) is 0 Å². The normalized spacial score (nSPS) is 39.5. The Morgan fingerprint density at radius 2 is 2.29 bits per heavy atom. The van der Waals surface area contributed by atoms with Crippen LogP contribution in [-0.2, 0) is 4.79 Å². The Morgan fingerprint density at radius 3 is 2.94 bits per heavy atom. The number of hydrogen-bond donors (Lipinski definition) is 2. The molecule has 3 rings (SSSR count). The number of allylic oxidation sites excluding steroid dienone is 2. The molecule has 0 aromatic heterocycles. The molecule has 1 heterocycles. The van der Waals surface area contributed by atoms with Crippen molar-refractivity contribution in [1.29, 1.82) is 0 Å². The van der Waals surface area contributed by atoms with Gasteiger partial charge in [0.15, 0.2) is 0 Å². The monoisotopic (exact) mass is 234 g/mol. The molecule has 3 heteroatoms. The summed E-state index contributed by atoms with van der Waals surface area (Å²) in [4.78, 5) is 12.1. The first-order valence-corrected chi connectivity index (χ1v) is 6.99. The number of hydrogen-bond acceptors (Lipinski definition) is 2. The van der Waals surface area contributed by atoms with Gasteiger partial charge in [-0.3, -0.25) is 4.79 Å². The Bertz CT molecular complexity index is 320. The highest BCUT2D eigenvalue weighted by Gasteiger charge is 2.39. The summed E-state index contributed by atoms with van der Waals surface area (Å²) in [6.07, 6.45) is 9.33. The van der Waals surface area contributed by atoms with Crippen molar-refractivity contribution < 1.29 is 4.79 Å². The molecule has 1 saturated carbocycles. The summed E-state index contributed by atoms with van der Waals surface area (Å²) in [6.45, 7) is 3.07. The van der Waals surface area contributed by atoms with Gasteiger partial charge in [0.25, 0.3) is 0 Å². The molecule has 1 amide bonds. The number of piperidine rings is 1. The molecule has 0 aromatic rings. The lowest BCUT2D eigenvalue weighted by Crippen LogP contribution is -2.40. The van der Waals surface area contributed by atoms with E-state index in [0.717, 1.165) is 26.1 Å². The molecule has 2 fully saturated rings. The lowest BCUT2D eigenvalue weighted by molar-refractivity contribution is -0.125. The molecule has 4 atom stereocenters. The second-order valence-electron chi connectivity index (χ2n) is 5.84. The average Bonchev–Trinajstić information content (AvgIpc) is 2.99. The second kappa shape index (κ2) is 4.81. The predicted molar refractivity (Wildman–Crippen MR) is 67.4 cm³/mol. The van der Waals surface area contributed by atoms with Gasteiger partial charge < -0.3 is 10.6 Å². The summed E-state index contributed by atoms with van der Waals surface area (Å²) in [6, 6.07) is 0. The highest BCUT2D eigenvalue weighted by molar-refractivity contribution is 5.79. The first kappa shape index (κ1) is 11.3. The highest BCUT2D eigenvalue weighted by atomic mass is 16.1. The van der Waals surface area contributed by atoms with Crippen LogP contribution in [0.3, 0.4) is 0 Å².